The van der Waals surface area contributed by atoms with E-state index < -0.39 is 5.41 Å². The molecule has 0 bridgehead atoms. The van der Waals surface area contributed by atoms with Crippen LogP contribution in [-0.2, 0) is 5.41 Å². The van der Waals surface area contributed by atoms with E-state index in [4.69, 9.17) is 13.9 Å². The Kier molecular flexibility index (Phi) is 5.52. The maximum absolute atomic E-state index is 6.98. The monoisotopic (exact) mass is 621 g/mol. The number of rotatable bonds is 4. The highest BCUT2D eigenvalue weighted by molar-refractivity contribution is 5.99. The van der Waals surface area contributed by atoms with E-state index in [0.29, 0.717) is 17.2 Å². The van der Waals surface area contributed by atoms with E-state index in [1.54, 1.807) is 6.08 Å². The van der Waals surface area contributed by atoms with Gasteiger partial charge < -0.3 is 18.8 Å². The molecule has 0 saturated carbocycles. The Bertz CT molecular complexity index is 2460. The van der Waals surface area contributed by atoms with Gasteiger partial charge in [0, 0.05) is 17.5 Å². The molecular formula is C44H31NO3. The Hall–Kier alpha value is -6.00. The van der Waals surface area contributed by atoms with Crippen molar-refractivity contribution >= 4 is 28.4 Å². The number of para-hydroxylation sites is 1. The van der Waals surface area contributed by atoms with Crippen molar-refractivity contribution < 1.29 is 13.9 Å². The maximum atomic E-state index is 6.98. The van der Waals surface area contributed by atoms with Crippen LogP contribution in [0.5, 0.6) is 23.0 Å². The first kappa shape index (κ1) is 27.1. The molecule has 230 valence electrons. The van der Waals surface area contributed by atoms with Gasteiger partial charge in [-0.25, -0.2) is 0 Å². The standard InChI is InChI=1S/C44H31NO3/c1-4-37-26(3)42-35(20-12-22-38(42)46-37)45(5-2)36-21-13-23-39-43(36)48-41-25-34-30(24-40(41)47-39)29-16-8-11-19-33(29)44(34)31-17-9-6-14-27(31)28-15-7-10-18-32(28)44/h4,6-25H,1,5H2,2-3H3. The van der Waals surface area contributed by atoms with Crippen LogP contribution in [0, 0.1) is 6.92 Å². The van der Waals surface area contributed by atoms with E-state index in [9.17, 15) is 0 Å². The zero-order valence-corrected chi connectivity index (χ0v) is 26.7. The van der Waals surface area contributed by atoms with E-state index in [0.717, 1.165) is 46.0 Å². The molecule has 0 amide bonds. The summed E-state index contributed by atoms with van der Waals surface area (Å²) in [4.78, 5) is 2.28. The van der Waals surface area contributed by atoms with Gasteiger partial charge >= 0.3 is 0 Å². The van der Waals surface area contributed by atoms with Crippen molar-refractivity contribution in [1.82, 2.24) is 0 Å². The van der Waals surface area contributed by atoms with Crippen molar-refractivity contribution in [1.29, 1.82) is 0 Å². The van der Waals surface area contributed by atoms with Gasteiger partial charge in [0.15, 0.2) is 23.0 Å². The van der Waals surface area contributed by atoms with Crippen molar-refractivity contribution in [2.75, 3.05) is 11.4 Å². The van der Waals surface area contributed by atoms with Crippen molar-refractivity contribution in [2.45, 2.75) is 19.3 Å². The molecule has 0 unspecified atom stereocenters. The predicted octanol–water partition coefficient (Wildman–Crippen LogP) is 11.8. The molecule has 0 N–H and O–H groups in total. The van der Waals surface area contributed by atoms with Gasteiger partial charge in [-0.05, 0) is 101 Å². The number of anilines is 2. The molecule has 1 spiro atoms. The predicted molar refractivity (Wildman–Crippen MR) is 193 cm³/mol. The summed E-state index contributed by atoms with van der Waals surface area (Å²) in [6.07, 6.45) is 1.78. The van der Waals surface area contributed by atoms with E-state index in [-0.39, 0.29) is 0 Å². The van der Waals surface area contributed by atoms with Crippen LogP contribution in [0.2, 0.25) is 0 Å². The van der Waals surface area contributed by atoms with E-state index in [1.165, 1.54) is 44.5 Å². The summed E-state index contributed by atoms with van der Waals surface area (Å²) >= 11 is 0. The van der Waals surface area contributed by atoms with Crippen LogP contribution in [0.15, 0.2) is 132 Å². The van der Waals surface area contributed by atoms with Gasteiger partial charge in [0.05, 0.1) is 16.8 Å². The molecule has 10 rings (SSSR count). The van der Waals surface area contributed by atoms with Crippen molar-refractivity contribution in [3.8, 4) is 45.3 Å². The summed E-state index contributed by atoms with van der Waals surface area (Å²) in [5.41, 5.74) is 13.5. The highest BCUT2D eigenvalue weighted by Crippen LogP contribution is 2.65. The second-order valence-corrected chi connectivity index (χ2v) is 12.7. The Morgan fingerprint density at radius 2 is 1.23 bits per heavy atom. The number of fused-ring (bicyclic) bond motifs is 13. The van der Waals surface area contributed by atoms with Gasteiger partial charge in [0.1, 0.15) is 11.3 Å². The number of benzene rings is 6. The average Bonchev–Trinajstić information content (AvgIpc) is 3.73. The van der Waals surface area contributed by atoms with Gasteiger partial charge in [0.2, 0.25) is 0 Å². The summed E-state index contributed by atoms with van der Waals surface area (Å²) in [6, 6.07) is 43.2. The van der Waals surface area contributed by atoms with Gasteiger partial charge in [0.25, 0.3) is 0 Å². The normalized spacial score (nSPS) is 13.9. The number of furan rings is 1. The Labute approximate surface area is 279 Å². The number of aryl methyl sites for hydroxylation is 1. The lowest BCUT2D eigenvalue weighted by molar-refractivity contribution is 0.360. The van der Waals surface area contributed by atoms with Crippen LogP contribution in [0.1, 0.15) is 40.5 Å². The minimum atomic E-state index is -0.454. The molecule has 2 aliphatic carbocycles. The Morgan fingerprint density at radius 1 is 0.625 bits per heavy atom. The average molecular weight is 622 g/mol. The largest absolute Gasteiger partial charge is 0.456 e. The molecule has 1 aromatic heterocycles. The molecule has 0 saturated heterocycles. The maximum Gasteiger partial charge on any atom is 0.193 e. The Morgan fingerprint density at radius 3 is 1.90 bits per heavy atom. The Balaban J connectivity index is 1.17. The second kappa shape index (κ2) is 9.76. The SMILES string of the molecule is C=Cc1oc2cccc(N(CC)c3cccc4c3Oc3cc5c(cc3O4)-c3ccccc3C53c4ccccc4-c4ccccc43)c2c1C. The smallest absolute Gasteiger partial charge is 0.193 e. The number of ether oxygens (including phenoxy) is 2. The lowest BCUT2D eigenvalue weighted by Gasteiger charge is -2.32. The van der Waals surface area contributed by atoms with Gasteiger partial charge in [-0.3, -0.25) is 0 Å². The molecule has 4 heteroatoms. The van der Waals surface area contributed by atoms with Crippen LogP contribution in [-0.4, -0.2) is 6.54 Å². The molecule has 6 aromatic carbocycles. The lowest BCUT2D eigenvalue weighted by atomic mass is 9.70. The molecule has 2 heterocycles. The molecule has 0 fully saturated rings. The first-order valence-corrected chi connectivity index (χ1v) is 16.5. The molecule has 7 aromatic rings. The highest BCUT2D eigenvalue weighted by atomic mass is 16.6. The summed E-state index contributed by atoms with van der Waals surface area (Å²) in [6.45, 7) is 8.93. The zero-order valence-electron chi connectivity index (χ0n) is 26.7. The summed E-state index contributed by atoms with van der Waals surface area (Å²) < 4.78 is 19.8. The fourth-order valence-electron chi connectivity index (χ4n) is 8.58. The molecule has 1 aliphatic heterocycles. The minimum Gasteiger partial charge on any atom is -0.456 e. The van der Waals surface area contributed by atoms with E-state index in [1.807, 2.05) is 24.3 Å². The summed E-state index contributed by atoms with van der Waals surface area (Å²) in [7, 11) is 0. The van der Waals surface area contributed by atoms with Crippen LogP contribution < -0.4 is 14.4 Å². The lowest BCUT2D eigenvalue weighted by Crippen LogP contribution is -2.26. The van der Waals surface area contributed by atoms with Crippen LogP contribution in [0.3, 0.4) is 0 Å². The van der Waals surface area contributed by atoms with Crippen LogP contribution in [0.4, 0.5) is 11.4 Å². The molecular weight excluding hydrogens is 590 g/mol. The second-order valence-electron chi connectivity index (χ2n) is 12.7. The minimum absolute atomic E-state index is 0.454. The topological polar surface area (TPSA) is 34.8 Å². The molecule has 0 radical (unpaired) electrons. The third kappa shape index (κ3) is 3.34. The first-order valence-electron chi connectivity index (χ1n) is 16.5. The summed E-state index contributed by atoms with van der Waals surface area (Å²) in [5.74, 6) is 3.61. The quantitative estimate of drug-likeness (QED) is 0.196. The van der Waals surface area contributed by atoms with Crippen molar-refractivity contribution in [3.63, 3.8) is 0 Å². The van der Waals surface area contributed by atoms with E-state index in [2.05, 4.69) is 122 Å². The first-order chi connectivity index (χ1) is 23.6. The van der Waals surface area contributed by atoms with Gasteiger partial charge in [-0.2, -0.15) is 0 Å². The molecule has 0 atom stereocenters. The third-order valence-electron chi connectivity index (χ3n) is 10.5. The fraction of sp³-hybridized carbons (Fsp3) is 0.0909. The van der Waals surface area contributed by atoms with Gasteiger partial charge in [-0.15, -0.1) is 0 Å². The van der Waals surface area contributed by atoms with Gasteiger partial charge in [-0.1, -0.05) is 91.5 Å². The number of hydrogen-bond acceptors (Lipinski definition) is 4. The van der Waals surface area contributed by atoms with Crippen molar-refractivity contribution in [2.24, 2.45) is 0 Å². The molecule has 3 aliphatic rings. The number of hydrogen-bond donors (Lipinski definition) is 0. The fourth-order valence-corrected chi connectivity index (χ4v) is 8.58. The highest BCUT2D eigenvalue weighted by Gasteiger charge is 2.52. The third-order valence-corrected chi connectivity index (χ3v) is 10.5. The molecule has 48 heavy (non-hydrogen) atoms. The zero-order chi connectivity index (χ0) is 32.1. The summed E-state index contributed by atoms with van der Waals surface area (Å²) in [5, 5.41) is 1.07. The van der Waals surface area contributed by atoms with Crippen molar-refractivity contribution in [3.05, 3.63) is 161 Å². The molecule has 4 nitrogen and oxygen atoms in total. The number of nitrogens with zero attached hydrogens (tertiary/aromatic N) is 1. The van der Waals surface area contributed by atoms with Crippen LogP contribution in [0.25, 0.3) is 39.3 Å². The van der Waals surface area contributed by atoms with Crippen LogP contribution >= 0.6 is 0 Å². The van der Waals surface area contributed by atoms with E-state index >= 15 is 0 Å².